The lowest BCUT2D eigenvalue weighted by Crippen LogP contribution is -2.58. The summed E-state index contributed by atoms with van der Waals surface area (Å²) >= 11 is 0. The van der Waals surface area contributed by atoms with Gasteiger partial charge in [0.25, 0.3) is 11.7 Å². The zero-order valence-corrected chi connectivity index (χ0v) is 69.2. The molecule has 0 unspecified atom stereocenters. The third-order valence-electron chi connectivity index (χ3n) is 21.6. The van der Waals surface area contributed by atoms with Crippen LogP contribution in [0.25, 0.3) is 33.3 Å². The Balaban J connectivity index is 0.618. The van der Waals surface area contributed by atoms with Crippen LogP contribution in [0.2, 0.25) is 0 Å². The number of nitrogens with zero attached hydrogens (tertiary/aromatic N) is 5. The standard InChI is InChI=1S/C85H129N9O22/c1-58-16-9-8-10-17-60(3)72(104-6)56-68-18-15-31-85(103,116-68)79(99)82(100)93-34-13-11-19-71(93)83(101)114-66(25-20-59(2)53-62(5)77(98)78(105-7)76(97)61(4)52-58)26-21-63-22-27-67(28-23-63)115-84(102)88-33-37-107-39-41-109-43-45-111-47-49-113-51-50-112-48-46-110-44-42-108-40-38-106-36-30-73(96)87-32-12-14-35-94-81-74(80(86)89-57-90-81)75(92-94)70-55-64-54-65(95)24-29-69(64)91-70/h8-10,16-17,24,29,53-55,57-59,61,63,66-68,71-72,77-78,91,95,98,103H,11-15,18-23,25-28,30-52,56H2,1-7H3,(H,87,96)(H,88,102)(H2,86,89,90)/b10-8+,16-9+,60-17+,62-53+/t58-,59+,61-,63-,66+,67-,68+,71+,72+,77-,78+,85-/m1/s1. The van der Waals surface area contributed by atoms with Crippen molar-refractivity contribution in [3.63, 3.8) is 0 Å². The van der Waals surface area contributed by atoms with Crippen molar-refractivity contribution in [1.29, 1.82) is 0 Å². The number of nitrogens with two attached hydrogens (primary N) is 1. The Labute approximate surface area is 682 Å². The first-order chi connectivity index (χ1) is 56.1. The number of anilines is 1. The first-order valence-corrected chi connectivity index (χ1v) is 41.7. The summed E-state index contributed by atoms with van der Waals surface area (Å²) in [6.45, 7) is 17.2. The molecule has 3 fully saturated rings. The third kappa shape index (κ3) is 31.3. The highest BCUT2D eigenvalue weighted by Crippen LogP contribution is 2.37. The number of aryl methyl sites for hydroxylation is 1. The number of carbonyl (C=O) groups is 6. The molecule has 1 aliphatic carbocycles. The number of phenols is 1. The summed E-state index contributed by atoms with van der Waals surface area (Å²) in [7, 11) is 3.02. The van der Waals surface area contributed by atoms with E-state index in [-0.39, 0.29) is 86.9 Å². The summed E-state index contributed by atoms with van der Waals surface area (Å²) in [4.78, 5) is 95.2. The average molecular weight is 1630 g/mol. The van der Waals surface area contributed by atoms with Crippen LogP contribution in [0, 0.1) is 23.7 Å². The predicted molar refractivity (Wildman–Crippen MR) is 434 cm³/mol. The van der Waals surface area contributed by atoms with Crippen LogP contribution < -0.4 is 16.4 Å². The number of ether oxygens (including phenoxy) is 13. The van der Waals surface area contributed by atoms with Crippen LogP contribution in [0.5, 0.6) is 5.75 Å². The van der Waals surface area contributed by atoms with Gasteiger partial charge in [0.1, 0.15) is 54.0 Å². The number of hydrogen-bond donors (Lipinski definition) is 7. The van der Waals surface area contributed by atoms with Crippen LogP contribution in [0.1, 0.15) is 157 Å². The molecule has 3 aromatic heterocycles. The first-order valence-electron chi connectivity index (χ1n) is 41.7. The molecule has 10 atom stereocenters. The number of fused-ring (bicyclic) bond motifs is 5. The third-order valence-corrected chi connectivity index (χ3v) is 21.6. The molecule has 0 spiro atoms. The lowest BCUT2D eigenvalue weighted by atomic mass is 9.83. The van der Waals surface area contributed by atoms with Crippen molar-refractivity contribution in [2.45, 2.75) is 212 Å². The van der Waals surface area contributed by atoms with Gasteiger partial charge in [0.15, 0.2) is 11.4 Å². The summed E-state index contributed by atoms with van der Waals surface area (Å²) in [6.07, 6.45) is 18.6. The molecule has 3 amide bonds. The van der Waals surface area contributed by atoms with Crippen molar-refractivity contribution in [2.24, 2.45) is 23.7 Å². The van der Waals surface area contributed by atoms with Crippen molar-refractivity contribution in [2.75, 3.05) is 145 Å². The zero-order valence-electron chi connectivity index (χ0n) is 69.2. The van der Waals surface area contributed by atoms with Gasteiger partial charge in [-0.05, 0) is 170 Å². The lowest BCUT2D eigenvalue weighted by molar-refractivity contribution is -0.245. The number of unbranched alkanes of at least 4 members (excludes halogenated alkanes) is 1. The van der Waals surface area contributed by atoms with Gasteiger partial charge in [-0.1, -0.05) is 57.2 Å². The van der Waals surface area contributed by atoms with Gasteiger partial charge in [0.05, 0.1) is 129 Å². The van der Waals surface area contributed by atoms with Crippen LogP contribution in [-0.2, 0) is 92.1 Å². The molecule has 31 nitrogen and oxygen atoms in total. The molecular weight excluding hydrogens is 1500 g/mol. The van der Waals surface area contributed by atoms with E-state index in [1.54, 1.807) is 36.9 Å². The van der Waals surface area contributed by atoms with Crippen molar-refractivity contribution in [3.8, 4) is 17.1 Å². The largest absolute Gasteiger partial charge is 0.508 e. The molecule has 2 bridgehead atoms. The number of hydrogen-bond acceptors (Lipinski definition) is 26. The summed E-state index contributed by atoms with van der Waals surface area (Å²) < 4.78 is 76.3. The molecule has 0 radical (unpaired) electrons. The van der Waals surface area contributed by atoms with Crippen molar-refractivity contribution < 1.29 is 106 Å². The minimum Gasteiger partial charge on any atom is -0.508 e. The molecule has 646 valence electrons. The second kappa shape index (κ2) is 51.0. The summed E-state index contributed by atoms with van der Waals surface area (Å²) in [5, 5.41) is 45.3. The number of nitrogens with one attached hydrogen (secondary N) is 3. The van der Waals surface area contributed by atoms with Gasteiger partial charge in [0, 0.05) is 76.5 Å². The van der Waals surface area contributed by atoms with Gasteiger partial charge in [0.2, 0.25) is 11.7 Å². The number of rotatable bonds is 39. The summed E-state index contributed by atoms with van der Waals surface area (Å²) in [6, 6.07) is 5.96. The van der Waals surface area contributed by atoms with E-state index in [2.05, 4.69) is 25.6 Å². The summed E-state index contributed by atoms with van der Waals surface area (Å²) in [5.41, 5.74) is 10.6. The molecule has 2 saturated heterocycles. The van der Waals surface area contributed by atoms with Gasteiger partial charge in [-0.3, -0.25) is 19.2 Å². The minimum atomic E-state index is -2.37. The van der Waals surface area contributed by atoms with Crippen LogP contribution in [0.3, 0.4) is 0 Å². The molecule has 116 heavy (non-hydrogen) atoms. The first kappa shape index (κ1) is 93.9. The van der Waals surface area contributed by atoms with Gasteiger partial charge >= 0.3 is 12.1 Å². The number of cyclic esters (lactones) is 1. The topological polar surface area (TPSA) is 396 Å². The molecule has 4 aliphatic rings. The number of nitrogen functional groups attached to an aromatic ring is 1. The number of carbonyl (C=O) groups excluding carboxylic acids is 6. The van der Waals surface area contributed by atoms with E-state index in [1.165, 1.54) is 18.3 Å². The number of Topliss-reactive ketones (excluding diaryl/α,β-unsaturated/α-hetero) is 2. The smallest absolute Gasteiger partial charge is 0.407 e. The number of ketones is 2. The number of amides is 3. The van der Waals surface area contributed by atoms with E-state index >= 15 is 0 Å². The second-order valence-corrected chi connectivity index (χ2v) is 30.8. The zero-order chi connectivity index (χ0) is 83.0. The van der Waals surface area contributed by atoms with Crippen molar-refractivity contribution >= 4 is 63.2 Å². The number of aliphatic hydroxyl groups is 2. The number of benzene rings is 1. The van der Waals surface area contributed by atoms with Crippen LogP contribution in [0.4, 0.5) is 10.6 Å². The number of aliphatic hydroxyl groups excluding tert-OH is 1. The molecule has 3 aliphatic heterocycles. The maximum Gasteiger partial charge on any atom is 0.407 e. The number of aromatic nitrogens is 5. The fraction of sp³-hybridized carbons (Fsp3) is 0.682. The quantitative estimate of drug-likeness (QED) is 0.00946. The predicted octanol–water partition coefficient (Wildman–Crippen LogP) is 9.31. The SMILES string of the molecule is CO[C@H]1C[C@@H]2CCC[C@@](O)(O2)C(=O)C(=O)N2CCCC[C@H]2C(=O)O[C@H](CC[C@H]2CC[C@H](OC(=O)NCCOCCOCCOCCOCCOCCOCCOCCOCCC(=O)NCCCCn3nc(-c4cc5cc(O)ccc5[nH]4)c4c(N)ncnc43)CC2)CC[C@H](C)/C=C(\C)[C@@H](O)[C@@H](OC)C(=O)[C@H](C)C[C@H](C)/C=C/C=C/C=C/1C. The monoisotopic (exact) mass is 1630 g/mol. The lowest BCUT2D eigenvalue weighted by Gasteiger charge is -2.39. The van der Waals surface area contributed by atoms with Gasteiger partial charge in [-0.2, -0.15) is 5.10 Å². The Bertz CT molecular complexity index is 3780. The maximum atomic E-state index is 14.5. The van der Waals surface area contributed by atoms with Crippen molar-refractivity contribution in [3.05, 3.63) is 78.2 Å². The van der Waals surface area contributed by atoms with E-state index in [0.29, 0.717) is 204 Å². The van der Waals surface area contributed by atoms with Crippen molar-refractivity contribution in [1.82, 2.24) is 40.3 Å². The number of aromatic amines is 1. The Morgan fingerprint density at radius 1 is 0.698 bits per heavy atom. The number of H-pyrrole nitrogens is 1. The Hall–Kier alpha value is -7.63. The maximum absolute atomic E-state index is 14.5. The highest BCUT2D eigenvalue weighted by Gasteiger charge is 2.49. The minimum absolute atomic E-state index is 0.0425. The van der Waals surface area contributed by atoms with Crippen LogP contribution in [-0.4, -0.2) is 268 Å². The molecule has 4 aromatic rings. The Kier molecular flexibility index (Phi) is 41.3. The molecule has 31 heteroatoms. The number of allylic oxidation sites excluding steroid dienone is 6. The number of piperidine rings is 1. The van der Waals surface area contributed by atoms with Crippen LogP contribution >= 0.6 is 0 Å². The molecule has 8 rings (SSSR count). The number of methoxy groups -OCH3 is 2. The number of alkyl carbamates (subject to hydrolysis) is 1. The molecule has 1 saturated carbocycles. The average Bonchev–Trinajstić information content (AvgIpc) is 1.54. The van der Waals surface area contributed by atoms with Crippen LogP contribution in [0.15, 0.2) is 78.2 Å². The molecule has 8 N–H and O–H groups in total. The van der Waals surface area contributed by atoms with Gasteiger partial charge in [-0.15, -0.1) is 0 Å². The Morgan fingerprint density at radius 3 is 2.03 bits per heavy atom. The normalized spacial score (nSPS) is 26.2. The second-order valence-electron chi connectivity index (χ2n) is 30.8. The fourth-order valence-electron chi connectivity index (χ4n) is 15.1. The fourth-order valence-corrected chi connectivity index (χ4v) is 15.1. The highest BCUT2D eigenvalue weighted by atomic mass is 16.6. The number of esters is 1. The van der Waals surface area contributed by atoms with Gasteiger partial charge < -0.3 is 103 Å². The van der Waals surface area contributed by atoms with E-state index in [1.807, 2.05) is 70.2 Å². The number of phenolic OH excluding ortho intramolecular Hbond substituents is 1. The van der Waals surface area contributed by atoms with E-state index < -0.39 is 72.0 Å². The highest BCUT2D eigenvalue weighted by molar-refractivity contribution is 6.39. The molecular formula is C85H129N9O22. The van der Waals surface area contributed by atoms with E-state index in [4.69, 9.17) is 72.4 Å². The summed E-state index contributed by atoms with van der Waals surface area (Å²) in [5.74, 6) is -5.04. The molecule has 1 aromatic carbocycles. The van der Waals surface area contributed by atoms with E-state index in [0.717, 1.165) is 54.3 Å². The Morgan fingerprint density at radius 2 is 1.36 bits per heavy atom. The molecule has 6 heterocycles. The number of aromatic hydroxyl groups is 1. The van der Waals surface area contributed by atoms with Gasteiger partial charge in [-0.25, -0.2) is 24.2 Å². The van der Waals surface area contributed by atoms with E-state index in [9.17, 15) is 44.1 Å².